The Morgan fingerprint density at radius 1 is 1.29 bits per heavy atom. The Morgan fingerprint density at radius 3 is 2.71 bits per heavy atom. The fraction of sp³-hybridized carbons (Fsp3) is 0.125. The van der Waals surface area contributed by atoms with E-state index in [4.69, 9.17) is 4.74 Å². The molecule has 5 heteroatoms. The first kappa shape index (κ1) is 15.5. The highest BCUT2D eigenvalue weighted by atomic mass is 127. The average Bonchev–Trinajstić information content (AvgIpc) is 2.48. The van der Waals surface area contributed by atoms with Crippen LogP contribution in [-0.4, -0.2) is 19.2 Å². The maximum absolute atomic E-state index is 11.7. The first-order valence-electron chi connectivity index (χ1n) is 6.38. The van der Waals surface area contributed by atoms with E-state index in [0.717, 1.165) is 20.4 Å². The van der Waals surface area contributed by atoms with Crippen LogP contribution in [0.3, 0.4) is 0 Å². The van der Waals surface area contributed by atoms with E-state index in [0.29, 0.717) is 6.42 Å². The number of nitrogens with one attached hydrogen (secondary N) is 1. The Labute approximate surface area is 137 Å². The first-order chi connectivity index (χ1) is 10.2. The van der Waals surface area contributed by atoms with Gasteiger partial charge in [-0.3, -0.25) is 4.79 Å². The largest absolute Gasteiger partial charge is 0.496 e. The zero-order chi connectivity index (χ0) is 15.1. The molecule has 0 aliphatic rings. The molecule has 0 unspecified atom stereocenters. The minimum absolute atomic E-state index is 0.138. The second-order valence-corrected chi connectivity index (χ2v) is 5.51. The van der Waals surface area contributed by atoms with Gasteiger partial charge in [-0.05, 0) is 51.9 Å². The van der Waals surface area contributed by atoms with Gasteiger partial charge in [0.25, 0.3) is 0 Å². The maximum atomic E-state index is 11.7. The predicted octanol–water partition coefficient (Wildman–Crippen LogP) is 2.99. The molecular formula is C16H15IN2O2. The van der Waals surface area contributed by atoms with Gasteiger partial charge < -0.3 is 4.74 Å². The highest BCUT2D eigenvalue weighted by Gasteiger charge is 2.02. The summed E-state index contributed by atoms with van der Waals surface area (Å²) in [6.07, 6.45) is 1.93. The number of ether oxygens (including phenoxy) is 1. The number of benzene rings is 2. The summed E-state index contributed by atoms with van der Waals surface area (Å²) in [4.78, 5) is 11.7. The molecule has 108 valence electrons. The van der Waals surface area contributed by atoms with Crippen LogP contribution in [0.1, 0.15) is 11.1 Å². The molecule has 1 N–H and O–H groups in total. The van der Waals surface area contributed by atoms with Gasteiger partial charge in [0.15, 0.2) is 0 Å². The van der Waals surface area contributed by atoms with Crippen molar-refractivity contribution < 1.29 is 9.53 Å². The molecule has 0 heterocycles. The Bertz CT molecular complexity index is 642. The second kappa shape index (κ2) is 7.78. The third kappa shape index (κ3) is 4.86. The summed E-state index contributed by atoms with van der Waals surface area (Å²) in [6, 6.07) is 15.3. The van der Waals surface area contributed by atoms with Gasteiger partial charge >= 0.3 is 0 Å². The maximum Gasteiger partial charge on any atom is 0.244 e. The molecule has 0 atom stereocenters. The summed E-state index contributed by atoms with van der Waals surface area (Å²) in [7, 11) is 1.63. The molecule has 0 aliphatic carbocycles. The van der Waals surface area contributed by atoms with Gasteiger partial charge in [-0.1, -0.05) is 30.3 Å². The number of carbonyl (C=O) groups is 1. The van der Waals surface area contributed by atoms with Crippen LogP contribution < -0.4 is 10.2 Å². The molecule has 0 saturated carbocycles. The molecule has 0 saturated heterocycles. The van der Waals surface area contributed by atoms with Gasteiger partial charge in [0, 0.05) is 0 Å². The van der Waals surface area contributed by atoms with Gasteiger partial charge in [-0.25, -0.2) is 5.43 Å². The summed E-state index contributed by atoms with van der Waals surface area (Å²) in [6.45, 7) is 0. The van der Waals surface area contributed by atoms with Gasteiger partial charge in [0.1, 0.15) is 5.75 Å². The van der Waals surface area contributed by atoms with E-state index in [2.05, 4.69) is 33.1 Å². The summed E-state index contributed by atoms with van der Waals surface area (Å²) < 4.78 is 6.18. The zero-order valence-electron chi connectivity index (χ0n) is 11.5. The monoisotopic (exact) mass is 394 g/mol. The zero-order valence-corrected chi connectivity index (χ0v) is 13.7. The molecule has 0 fully saturated rings. The fourth-order valence-electron chi connectivity index (χ4n) is 1.76. The topological polar surface area (TPSA) is 50.7 Å². The third-order valence-electron chi connectivity index (χ3n) is 2.79. The van der Waals surface area contributed by atoms with Crippen LogP contribution in [0, 0.1) is 3.57 Å². The van der Waals surface area contributed by atoms with E-state index in [1.54, 1.807) is 13.3 Å². The van der Waals surface area contributed by atoms with E-state index in [1.165, 1.54) is 0 Å². The molecule has 1 amide bonds. The van der Waals surface area contributed by atoms with Crippen molar-refractivity contribution >= 4 is 34.7 Å². The Kier molecular flexibility index (Phi) is 5.74. The highest BCUT2D eigenvalue weighted by Crippen LogP contribution is 2.20. The van der Waals surface area contributed by atoms with Crippen molar-refractivity contribution in [1.82, 2.24) is 5.43 Å². The van der Waals surface area contributed by atoms with E-state index < -0.39 is 0 Å². The van der Waals surface area contributed by atoms with E-state index in [9.17, 15) is 4.79 Å². The summed E-state index contributed by atoms with van der Waals surface area (Å²) in [5.41, 5.74) is 4.39. The lowest BCUT2D eigenvalue weighted by Crippen LogP contribution is -2.19. The molecule has 0 radical (unpaired) electrons. The number of methoxy groups -OCH3 is 1. The number of amides is 1. The van der Waals surface area contributed by atoms with E-state index in [1.807, 2.05) is 48.5 Å². The van der Waals surface area contributed by atoms with Gasteiger partial charge in [0.2, 0.25) is 5.91 Å². The van der Waals surface area contributed by atoms with Gasteiger partial charge in [-0.2, -0.15) is 5.10 Å². The van der Waals surface area contributed by atoms with Crippen LogP contribution in [0.25, 0.3) is 0 Å². The van der Waals surface area contributed by atoms with Crippen molar-refractivity contribution in [2.75, 3.05) is 7.11 Å². The Hall–Kier alpha value is -1.89. The standard InChI is InChI=1S/C16H15IN2O2/c1-21-15-8-7-13(9-14(15)17)11-18-19-16(20)10-12-5-3-2-4-6-12/h2-9,11H,10H2,1H3,(H,19,20)/b18-11-. The molecule has 2 aromatic rings. The lowest BCUT2D eigenvalue weighted by atomic mass is 10.1. The molecule has 0 aliphatic heterocycles. The number of rotatable bonds is 5. The fourth-order valence-corrected chi connectivity index (χ4v) is 2.52. The second-order valence-electron chi connectivity index (χ2n) is 4.35. The molecule has 2 aromatic carbocycles. The van der Waals surface area contributed by atoms with E-state index in [-0.39, 0.29) is 5.91 Å². The smallest absolute Gasteiger partial charge is 0.244 e. The molecule has 2 rings (SSSR count). The minimum atomic E-state index is -0.138. The number of halogens is 1. The minimum Gasteiger partial charge on any atom is -0.496 e. The van der Waals surface area contributed by atoms with Crippen LogP contribution in [-0.2, 0) is 11.2 Å². The lowest BCUT2D eigenvalue weighted by molar-refractivity contribution is -0.120. The molecular weight excluding hydrogens is 379 g/mol. The van der Waals surface area contributed by atoms with Gasteiger partial charge in [-0.15, -0.1) is 0 Å². The number of hydrazone groups is 1. The molecule has 0 bridgehead atoms. The average molecular weight is 394 g/mol. The van der Waals surface area contributed by atoms with Crippen molar-refractivity contribution in [3.05, 3.63) is 63.2 Å². The normalized spacial score (nSPS) is 10.6. The SMILES string of the molecule is COc1ccc(/C=N\NC(=O)Cc2ccccc2)cc1I. The summed E-state index contributed by atoms with van der Waals surface area (Å²) in [5.74, 6) is 0.682. The molecule has 0 spiro atoms. The van der Waals surface area contributed by atoms with Crippen LogP contribution in [0.5, 0.6) is 5.75 Å². The lowest BCUT2D eigenvalue weighted by Gasteiger charge is -2.03. The number of nitrogens with zero attached hydrogens (tertiary/aromatic N) is 1. The van der Waals surface area contributed by atoms with E-state index >= 15 is 0 Å². The summed E-state index contributed by atoms with van der Waals surface area (Å²) in [5, 5.41) is 3.97. The highest BCUT2D eigenvalue weighted by molar-refractivity contribution is 14.1. The third-order valence-corrected chi connectivity index (χ3v) is 3.63. The van der Waals surface area contributed by atoms with Crippen molar-refractivity contribution in [2.24, 2.45) is 5.10 Å². The van der Waals surface area contributed by atoms with Crippen molar-refractivity contribution in [3.8, 4) is 5.75 Å². The van der Waals surface area contributed by atoms with Crippen LogP contribution in [0.2, 0.25) is 0 Å². The Morgan fingerprint density at radius 2 is 2.05 bits per heavy atom. The molecule has 21 heavy (non-hydrogen) atoms. The van der Waals surface area contributed by atoms with Crippen LogP contribution in [0.4, 0.5) is 0 Å². The van der Waals surface area contributed by atoms with Crippen molar-refractivity contribution in [3.63, 3.8) is 0 Å². The van der Waals surface area contributed by atoms with Crippen molar-refractivity contribution in [1.29, 1.82) is 0 Å². The summed E-state index contributed by atoms with van der Waals surface area (Å²) >= 11 is 2.19. The Balaban J connectivity index is 1.90. The molecule has 4 nitrogen and oxygen atoms in total. The first-order valence-corrected chi connectivity index (χ1v) is 7.46. The number of hydrogen-bond acceptors (Lipinski definition) is 3. The number of hydrogen-bond donors (Lipinski definition) is 1. The predicted molar refractivity (Wildman–Crippen MR) is 91.6 cm³/mol. The van der Waals surface area contributed by atoms with Gasteiger partial charge in [0.05, 0.1) is 23.3 Å². The van der Waals surface area contributed by atoms with Crippen LogP contribution in [0.15, 0.2) is 53.6 Å². The molecule has 0 aromatic heterocycles. The number of carbonyl (C=O) groups excluding carboxylic acids is 1. The van der Waals surface area contributed by atoms with Crippen molar-refractivity contribution in [2.45, 2.75) is 6.42 Å². The quantitative estimate of drug-likeness (QED) is 0.482. The van der Waals surface area contributed by atoms with Crippen LogP contribution >= 0.6 is 22.6 Å².